The molecule has 2 fully saturated rings. The minimum atomic E-state index is 0.177. The quantitative estimate of drug-likeness (QED) is 0.902. The fourth-order valence-corrected chi connectivity index (χ4v) is 2.99. The predicted molar refractivity (Wildman–Crippen MR) is 77.6 cm³/mol. The number of hydrogen-bond acceptors (Lipinski definition) is 3. The van der Waals surface area contributed by atoms with Gasteiger partial charge in [0.05, 0.1) is 11.8 Å². The monoisotopic (exact) mass is 276 g/mol. The number of hydrogen-bond donors (Lipinski definition) is 1. The molecule has 2 aliphatic rings. The van der Waals surface area contributed by atoms with E-state index in [9.17, 15) is 4.79 Å². The Labute approximate surface area is 120 Å². The van der Waals surface area contributed by atoms with Gasteiger partial charge in [-0.25, -0.2) is 0 Å². The average Bonchev–Trinajstić information content (AvgIpc) is 3.25. The van der Waals surface area contributed by atoms with Gasteiger partial charge in [0.1, 0.15) is 0 Å². The third-order valence-corrected chi connectivity index (χ3v) is 4.63. The average molecular weight is 276 g/mol. The summed E-state index contributed by atoms with van der Waals surface area (Å²) >= 11 is 0. The molecule has 1 aromatic rings. The second-order valence-corrected chi connectivity index (χ2v) is 6.15. The Hall–Kier alpha value is -1.36. The van der Waals surface area contributed by atoms with Crippen molar-refractivity contribution in [2.24, 2.45) is 13.0 Å². The van der Waals surface area contributed by atoms with Gasteiger partial charge in [-0.15, -0.1) is 0 Å². The van der Waals surface area contributed by atoms with Crippen molar-refractivity contribution in [3.05, 3.63) is 17.5 Å². The molecule has 0 aromatic carbocycles. The van der Waals surface area contributed by atoms with Crippen molar-refractivity contribution in [3.8, 4) is 0 Å². The summed E-state index contributed by atoms with van der Waals surface area (Å²) in [5, 5.41) is 7.59. The van der Waals surface area contributed by atoms with E-state index in [0.717, 1.165) is 43.7 Å². The van der Waals surface area contributed by atoms with Gasteiger partial charge in [-0.05, 0) is 51.6 Å². The summed E-state index contributed by atoms with van der Waals surface area (Å²) in [6.07, 6.45) is 6.41. The van der Waals surface area contributed by atoms with Gasteiger partial charge in [-0.3, -0.25) is 9.48 Å². The predicted octanol–water partition coefficient (Wildman–Crippen LogP) is 1.33. The maximum Gasteiger partial charge on any atom is 0.257 e. The van der Waals surface area contributed by atoms with E-state index in [2.05, 4.69) is 15.3 Å². The largest absolute Gasteiger partial charge is 0.335 e. The zero-order valence-electron chi connectivity index (χ0n) is 12.4. The number of amides is 1. The van der Waals surface area contributed by atoms with Crippen molar-refractivity contribution < 1.29 is 4.79 Å². The molecule has 3 rings (SSSR count). The highest BCUT2D eigenvalue weighted by Gasteiger charge is 2.35. The van der Waals surface area contributed by atoms with Gasteiger partial charge in [0, 0.05) is 25.3 Å². The molecular formula is C15H24N4O. The van der Waals surface area contributed by atoms with E-state index in [1.165, 1.54) is 12.8 Å². The van der Waals surface area contributed by atoms with Crippen LogP contribution in [0.4, 0.5) is 0 Å². The first kappa shape index (κ1) is 13.6. The second kappa shape index (κ2) is 5.56. The van der Waals surface area contributed by atoms with Gasteiger partial charge in [-0.1, -0.05) is 0 Å². The lowest BCUT2D eigenvalue weighted by Crippen LogP contribution is -2.40. The lowest BCUT2D eigenvalue weighted by Gasteiger charge is -2.30. The molecule has 1 saturated heterocycles. The van der Waals surface area contributed by atoms with Crippen LogP contribution in [0, 0.1) is 12.8 Å². The number of nitrogens with zero attached hydrogens (tertiary/aromatic N) is 3. The number of carbonyl (C=O) groups is 1. The van der Waals surface area contributed by atoms with Crippen molar-refractivity contribution in [1.29, 1.82) is 0 Å². The minimum Gasteiger partial charge on any atom is -0.335 e. The van der Waals surface area contributed by atoms with E-state index in [1.807, 2.05) is 14.0 Å². The molecule has 110 valence electrons. The van der Waals surface area contributed by atoms with Gasteiger partial charge < -0.3 is 10.2 Å². The zero-order valence-corrected chi connectivity index (χ0v) is 12.4. The molecule has 5 nitrogen and oxygen atoms in total. The Morgan fingerprint density at radius 1 is 1.40 bits per heavy atom. The Balaban J connectivity index is 1.73. The first-order chi connectivity index (χ1) is 9.66. The van der Waals surface area contributed by atoms with Gasteiger partial charge >= 0.3 is 0 Å². The third-order valence-electron chi connectivity index (χ3n) is 4.63. The second-order valence-electron chi connectivity index (χ2n) is 6.15. The first-order valence-electron chi connectivity index (χ1n) is 7.67. The molecule has 0 bridgehead atoms. The third kappa shape index (κ3) is 2.73. The van der Waals surface area contributed by atoms with Gasteiger partial charge in [0.2, 0.25) is 0 Å². The fourth-order valence-electron chi connectivity index (χ4n) is 2.99. The molecule has 1 aliphatic carbocycles. The summed E-state index contributed by atoms with van der Waals surface area (Å²) in [6, 6.07) is 0.469. The summed E-state index contributed by atoms with van der Waals surface area (Å²) < 4.78 is 1.78. The van der Waals surface area contributed by atoms with Crippen LogP contribution in [0.15, 0.2) is 6.20 Å². The van der Waals surface area contributed by atoms with Crippen LogP contribution in [0.2, 0.25) is 0 Å². The highest BCUT2D eigenvalue weighted by atomic mass is 16.2. The van der Waals surface area contributed by atoms with Crippen LogP contribution in [-0.4, -0.2) is 46.3 Å². The van der Waals surface area contributed by atoms with Crippen molar-refractivity contribution in [3.63, 3.8) is 0 Å². The van der Waals surface area contributed by atoms with E-state index in [1.54, 1.807) is 10.9 Å². The number of aryl methyl sites for hydroxylation is 1. The topological polar surface area (TPSA) is 50.2 Å². The van der Waals surface area contributed by atoms with E-state index >= 15 is 0 Å². The molecule has 0 radical (unpaired) electrons. The Morgan fingerprint density at radius 2 is 2.10 bits per heavy atom. The number of aromatic nitrogens is 2. The number of rotatable bonds is 4. The van der Waals surface area contributed by atoms with E-state index in [4.69, 9.17) is 0 Å². The van der Waals surface area contributed by atoms with Crippen LogP contribution < -0.4 is 5.32 Å². The van der Waals surface area contributed by atoms with Gasteiger partial charge in [0.15, 0.2) is 0 Å². The zero-order chi connectivity index (χ0) is 14.1. The first-order valence-corrected chi connectivity index (χ1v) is 7.67. The van der Waals surface area contributed by atoms with Gasteiger partial charge in [-0.2, -0.15) is 5.10 Å². The van der Waals surface area contributed by atoms with Crippen LogP contribution in [0.5, 0.6) is 0 Å². The van der Waals surface area contributed by atoms with Crippen molar-refractivity contribution in [1.82, 2.24) is 20.0 Å². The summed E-state index contributed by atoms with van der Waals surface area (Å²) in [4.78, 5) is 14.9. The Bertz CT molecular complexity index is 486. The SMILES string of the molecule is Cc1c(C(=O)N(CC2CCNCC2)C2CC2)cnn1C. The molecule has 1 aromatic heterocycles. The molecule has 0 spiro atoms. The fraction of sp³-hybridized carbons (Fsp3) is 0.733. The van der Waals surface area contributed by atoms with Crippen molar-refractivity contribution in [2.75, 3.05) is 19.6 Å². The lowest BCUT2D eigenvalue weighted by atomic mass is 9.97. The molecule has 0 unspecified atom stereocenters. The molecule has 1 aliphatic heterocycles. The number of nitrogens with one attached hydrogen (secondary N) is 1. The van der Waals surface area contributed by atoms with E-state index in [0.29, 0.717) is 12.0 Å². The highest BCUT2D eigenvalue weighted by molar-refractivity contribution is 5.95. The molecule has 1 amide bonds. The van der Waals surface area contributed by atoms with Crippen molar-refractivity contribution in [2.45, 2.75) is 38.6 Å². The van der Waals surface area contributed by atoms with Crippen LogP contribution in [-0.2, 0) is 7.05 Å². The standard InChI is InChI=1S/C15H24N4O/c1-11-14(9-17-18(11)2)15(20)19(13-3-4-13)10-12-5-7-16-8-6-12/h9,12-13,16H,3-8,10H2,1-2H3. The van der Waals surface area contributed by atoms with Crippen molar-refractivity contribution >= 4 is 5.91 Å². The lowest BCUT2D eigenvalue weighted by molar-refractivity contribution is 0.0701. The molecule has 1 N–H and O–H groups in total. The smallest absolute Gasteiger partial charge is 0.257 e. The van der Waals surface area contributed by atoms with Crippen LogP contribution in [0.25, 0.3) is 0 Å². The normalized spacial score (nSPS) is 20.1. The van der Waals surface area contributed by atoms with Crippen LogP contribution in [0.3, 0.4) is 0 Å². The summed E-state index contributed by atoms with van der Waals surface area (Å²) in [6.45, 7) is 5.06. The summed E-state index contributed by atoms with van der Waals surface area (Å²) in [5.74, 6) is 0.828. The molecule has 0 atom stereocenters. The van der Waals surface area contributed by atoms with E-state index in [-0.39, 0.29) is 5.91 Å². The summed E-state index contributed by atoms with van der Waals surface area (Å²) in [5.41, 5.74) is 1.74. The molecule has 20 heavy (non-hydrogen) atoms. The van der Waals surface area contributed by atoms with Crippen LogP contribution >= 0.6 is 0 Å². The molecular weight excluding hydrogens is 252 g/mol. The van der Waals surface area contributed by atoms with E-state index < -0.39 is 0 Å². The summed E-state index contributed by atoms with van der Waals surface area (Å²) in [7, 11) is 1.89. The molecule has 5 heteroatoms. The molecule has 2 heterocycles. The highest BCUT2D eigenvalue weighted by Crippen LogP contribution is 2.30. The molecule has 1 saturated carbocycles. The van der Waals surface area contributed by atoms with Gasteiger partial charge in [0.25, 0.3) is 5.91 Å². The Kier molecular flexibility index (Phi) is 3.78. The Morgan fingerprint density at radius 3 is 2.65 bits per heavy atom. The maximum absolute atomic E-state index is 12.8. The number of carbonyl (C=O) groups excluding carboxylic acids is 1. The minimum absolute atomic E-state index is 0.177. The van der Waals surface area contributed by atoms with Crippen LogP contribution in [0.1, 0.15) is 41.7 Å². The maximum atomic E-state index is 12.8. The number of piperidine rings is 1.